The van der Waals surface area contributed by atoms with E-state index in [1.54, 1.807) is 6.07 Å². The lowest BCUT2D eigenvalue weighted by Crippen LogP contribution is -2.02. The molecule has 0 aromatic heterocycles. The van der Waals surface area contributed by atoms with Crippen LogP contribution in [0.1, 0.15) is 47.7 Å². The van der Waals surface area contributed by atoms with Crippen LogP contribution in [0.3, 0.4) is 0 Å². The Morgan fingerprint density at radius 3 is 2.56 bits per heavy atom. The van der Waals surface area contributed by atoms with Gasteiger partial charge in [-0.15, -0.1) is 11.6 Å². The number of aromatic hydroxyl groups is 1. The first kappa shape index (κ1) is 12.8. The molecule has 1 aromatic carbocycles. The molecule has 0 amide bonds. The second-order valence-electron chi connectivity index (χ2n) is 3.82. The second kappa shape index (κ2) is 5.21. The number of carboxylic acid groups (broad SMARTS) is 1. The summed E-state index contributed by atoms with van der Waals surface area (Å²) in [5, 5.41) is 18.6. The van der Waals surface area contributed by atoms with E-state index >= 15 is 0 Å². The summed E-state index contributed by atoms with van der Waals surface area (Å²) in [5.41, 5.74) is 1.29. The van der Waals surface area contributed by atoms with Crippen LogP contribution in [0.4, 0.5) is 0 Å². The van der Waals surface area contributed by atoms with Crippen molar-refractivity contribution in [2.75, 3.05) is 0 Å². The fourth-order valence-electron chi connectivity index (χ4n) is 1.50. The lowest BCUT2D eigenvalue weighted by Gasteiger charge is -2.13. The van der Waals surface area contributed by atoms with Gasteiger partial charge >= 0.3 is 5.97 Å². The molecular weight excluding hydrogens is 228 g/mol. The van der Waals surface area contributed by atoms with Crippen molar-refractivity contribution in [3.05, 3.63) is 28.8 Å². The maximum Gasteiger partial charge on any atom is 0.339 e. The molecule has 0 radical (unpaired) electrons. The minimum absolute atomic E-state index is 0.0755. The van der Waals surface area contributed by atoms with Gasteiger partial charge in [-0.1, -0.05) is 19.9 Å². The summed E-state index contributed by atoms with van der Waals surface area (Å²) < 4.78 is 0. The van der Waals surface area contributed by atoms with Crippen LogP contribution < -0.4 is 0 Å². The molecule has 0 fully saturated rings. The van der Waals surface area contributed by atoms with Crippen LogP contribution in [0.25, 0.3) is 0 Å². The highest BCUT2D eigenvalue weighted by Crippen LogP contribution is 2.30. The summed E-state index contributed by atoms with van der Waals surface area (Å²) >= 11 is 5.68. The Morgan fingerprint density at radius 1 is 1.50 bits per heavy atom. The molecule has 0 bridgehead atoms. The van der Waals surface area contributed by atoms with Crippen molar-refractivity contribution in [1.29, 1.82) is 0 Å². The van der Waals surface area contributed by atoms with Crippen molar-refractivity contribution in [1.82, 2.24) is 0 Å². The predicted octanol–water partition coefficient (Wildman–Crippen LogP) is 3.34. The molecule has 2 N–H and O–H groups in total. The number of alkyl halides is 1. The van der Waals surface area contributed by atoms with Gasteiger partial charge in [-0.3, -0.25) is 0 Å². The van der Waals surface area contributed by atoms with Crippen LogP contribution in [-0.4, -0.2) is 16.2 Å². The standard InChI is InChI=1S/C12H15ClO3/c1-3-7(2)8-4-9(6-13)11(14)10(5-8)12(15)16/h4-5,7,14H,3,6H2,1-2H3,(H,15,16). The first-order valence-electron chi connectivity index (χ1n) is 5.16. The van der Waals surface area contributed by atoms with Gasteiger partial charge in [0.1, 0.15) is 11.3 Å². The normalized spacial score (nSPS) is 12.4. The van der Waals surface area contributed by atoms with Crippen LogP contribution in [0.15, 0.2) is 12.1 Å². The van der Waals surface area contributed by atoms with E-state index in [-0.39, 0.29) is 23.1 Å². The first-order valence-corrected chi connectivity index (χ1v) is 5.69. The summed E-state index contributed by atoms with van der Waals surface area (Å²) in [7, 11) is 0. The average molecular weight is 243 g/mol. The number of halogens is 1. The Balaban J connectivity index is 3.34. The topological polar surface area (TPSA) is 57.5 Å². The maximum atomic E-state index is 10.9. The molecular formula is C12H15ClO3. The molecule has 16 heavy (non-hydrogen) atoms. The minimum Gasteiger partial charge on any atom is -0.507 e. The molecule has 3 nitrogen and oxygen atoms in total. The molecule has 0 saturated carbocycles. The monoisotopic (exact) mass is 242 g/mol. The van der Waals surface area contributed by atoms with Crippen molar-refractivity contribution < 1.29 is 15.0 Å². The molecule has 1 unspecified atom stereocenters. The Labute approximate surface area is 99.7 Å². The number of benzene rings is 1. The van der Waals surface area contributed by atoms with Gasteiger partial charge in [0.25, 0.3) is 0 Å². The van der Waals surface area contributed by atoms with E-state index < -0.39 is 5.97 Å². The lowest BCUT2D eigenvalue weighted by atomic mass is 9.94. The van der Waals surface area contributed by atoms with E-state index in [2.05, 4.69) is 0 Å². The first-order chi connectivity index (χ1) is 7.51. The van der Waals surface area contributed by atoms with Crippen LogP contribution in [0.2, 0.25) is 0 Å². The molecule has 4 heteroatoms. The molecule has 0 spiro atoms. The molecule has 0 saturated heterocycles. The third kappa shape index (κ3) is 2.47. The lowest BCUT2D eigenvalue weighted by molar-refractivity contribution is 0.0693. The van der Waals surface area contributed by atoms with Crippen molar-refractivity contribution in [2.24, 2.45) is 0 Å². The van der Waals surface area contributed by atoms with Crippen molar-refractivity contribution in [3.8, 4) is 5.75 Å². The van der Waals surface area contributed by atoms with E-state index in [1.165, 1.54) is 6.07 Å². The zero-order valence-electron chi connectivity index (χ0n) is 9.33. The third-order valence-corrected chi connectivity index (χ3v) is 3.05. The quantitative estimate of drug-likeness (QED) is 0.796. The van der Waals surface area contributed by atoms with Gasteiger partial charge in [0.2, 0.25) is 0 Å². The van der Waals surface area contributed by atoms with Crippen molar-refractivity contribution in [2.45, 2.75) is 32.1 Å². The van der Waals surface area contributed by atoms with Gasteiger partial charge in [-0.25, -0.2) is 4.79 Å². The zero-order valence-corrected chi connectivity index (χ0v) is 10.1. The molecule has 0 heterocycles. The summed E-state index contributed by atoms with van der Waals surface area (Å²) in [6, 6.07) is 3.28. The van der Waals surface area contributed by atoms with Gasteiger partial charge in [-0.05, 0) is 24.0 Å². The highest BCUT2D eigenvalue weighted by molar-refractivity contribution is 6.17. The van der Waals surface area contributed by atoms with Gasteiger partial charge in [0.05, 0.1) is 5.88 Å². The van der Waals surface area contributed by atoms with Crippen LogP contribution >= 0.6 is 11.6 Å². The minimum atomic E-state index is -1.13. The van der Waals surface area contributed by atoms with E-state index in [0.717, 1.165) is 12.0 Å². The van der Waals surface area contributed by atoms with Gasteiger partial charge in [-0.2, -0.15) is 0 Å². The highest BCUT2D eigenvalue weighted by Gasteiger charge is 2.16. The highest BCUT2D eigenvalue weighted by atomic mass is 35.5. The molecule has 0 aliphatic heterocycles. The van der Waals surface area contributed by atoms with Crippen LogP contribution in [-0.2, 0) is 5.88 Å². The van der Waals surface area contributed by atoms with Crippen molar-refractivity contribution >= 4 is 17.6 Å². The fraction of sp³-hybridized carbons (Fsp3) is 0.417. The second-order valence-corrected chi connectivity index (χ2v) is 4.09. The molecule has 88 valence electrons. The summed E-state index contributed by atoms with van der Waals surface area (Å²) in [4.78, 5) is 10.9. The maximum absolute atomic E-state index is 10.9. The van der Waals surface area contributed by atoms with E-state index in [9.17, 15) is 9.90 Å². The Bertz CT molecular complexity index is 401. The summed E-state index contributed by atoms with van der Waals surface area (Å²) in [6.07, 6.45) is 0.908. The largest absolute Gasteiger partial charge is 0.507 e. The van der Waals surface area contributed by atoms with Crippen molar-refractivity contribution in [3.63, 3.8) is 0 Å². The predicted molar refractivity (Wildman–Crippen MR) is 63.3 cm³/mol. The smallest absolute Gasteiger partial charge is 0.339 e. The van der Waals surface area contributed by atoms with Crippen LogP contribution in [0.5, 0.6) is 5.75 Å². The molecule has 1 rings (SSSR count). The van der Waals surface area contributed by atoms with E-state index in [4.69, 9.17) is 16.7 Å². The van der Waals surface area contributed by atoms with Crippen LogP contribution in [0, 0.1) is 0 Å². The number of rotatable bonds is 4. The van der Waals surface area contributed by atoms with E-state index in [0.29, 0.717) is 5.56 Å². The van der Waals surface area contributed by atoms with Gasteiger partial charge in [0.15, 0.2) is 0 Å². The fourth-order valence-corrected chi connectivity index (χ4v) is 1.71. The Kier molecular flexibility index (Phi) is 4.19. The number of aromatic carboxylic acids is 1. The van der Waals surface area contributed by atoms with Gasteiger partial charge in [0, 0.05) is 5.56 Å². The third-order valence-electron chi connectivity index (χ3n) is 2.77. The van der Waals surface area contributed by atoms with Gasteiger partial charge < -0.3 is 10.2 Å². The Hall–Kier alpha value is -1.22. The zero-order chi connectivity index (χ0) is 12.3. The molecule has 1 atom stereocenters. The SMILES string of the molecule is CCC(C)c1cc(CCl)c(O)c(C(=O)O)c1. The molecule has 0 aliphatic rings. The Morgan fingerprint density at radius 2 is 2.12 bits per heavy atom. The number of hydrogen-bond donors (Lipinski definition) is 2. The molecule has 0 aliphatic carbocycles. The van der Waals surface area contributed by atoms with E-state index in [1.807, 2.05) is 13.8 Å². The number of hydrogen-bond acceptors (Lipinski definition) is 2. The number of carbonyl (C=O) groups is 1. The number of phenols is 1. The summed E-state index contributed by atoms with van der Waals surface area (Å²) in [6.45, 7) is 4.04. The average Bonchev–Trinajstić information content (AvgIpc) is 2.27. The summed E-state index contributed by atoms with van der Waals surface area (Å²) in [5.74, 6) is -1.000. The number of carboxylic acids is 1. The molecule has 1 aromatic rings.